The smallest absolute Gasteiger partial charge is 0.341 e. The minimum Gasteiger partial charge on any atom is -0.482 e. The van der Waals surface area contributed by atoms with Gasteiger partial charge in [-0.15, -0.1) is 0 Å². The van der Waals surface area contributed by atoms with Crippen LogP contribution < -0.4 is 10.1 Å². The van der Waals surface area contributed by atoms with E-state index in [1.807, 2.05) is 0 Å². The molecule has 0 spiro atoms. The molecule has 21 heavy (non-hydrogen) atoms. The van der Waals surface area contributed by atoms with Crippen molar-refractivity contribution in [2.75, 3.05) is 18.5 Å². The van der Waals surface area contributed by atoms with Crippen LogP contribution in [-0.4, -0.2) is 36.2 Å². The van der Waals surface area contributed by atoms with Crippen molar-refractivity contribution in [2.45, 2.75) is 19.8 Å². The van der Waals surface area contributed by atoms with Crippen molar-refractivity contribution in [3.05, 3.63) is 24.3 Å². The van der Waals surface area contributed by atoms with Crippen LogP contribution in [0.4, 0.5) is 5.69 Å². The average Bonchev–Trinajstić information content (AvgIpc) is 2.44. The Hall–Kier alpha value is -2.57. The van der Waals surface area contributed by atoms with E-state index in [0.717, 1.165) is 0 Å². The second kappa shape index (κ2) is 8.57. The van der Waals surface area contributed by atoms with Crippen molar-refractivity contribution >= 4 is 23.5 Å². The maximum atomic E-state index is 11.6. The number of carboxylic acids is 1. The molecule has 0 saturated carbocycles. The molecule has 7 nitrogen and oxygen atoms in total. The van der Waals surface area contributed by atoms with Crippen molar-refractivity contribution in [3.63, 3.8) is 0 Å². The minimum absolute atomic E-state index is 0.00881. The molecule has 0 atom stereocenters. The van der Waals surface area contributed by atoms with Gasteiger partial charge in [0.1, 0.15) is 5.75 Å². The predicted molar refractivity (Wildman–Crippen MR) is 74.1 cm³/mol. The second-order valence-electron chi connectivity index (χ2n) is 4.06. The molecule has 7 heteroatoms. The second-order valence-corrected chi connectivity index (χ2v) is 4.06. The fraction of sp³-hybridized carbons (Fsp3) is 0.357. The van der Waals surface area contributed by atoms with Crippen LogP contribution in [0.3, 0.4) is 0 Å². The molecule has 1 aromatic rings. The highest BCUT2D eigenvalue weighted by atomic mass is 16.5. The number of anilines is 1. The normalized spacial score (nSPS) is 9.76. The van der Waals surface area contributed by atoms with Gasteiger partial charge in [0.15, 0.2) is 6.61 Å². The third-order valence-electron chi connectivity index (χ3n) is 2.34. The van der Waals surface area contributed by atoms with Crippen LogP contribution in [0.1, 0.15) is 19.8 Å². The molecule has 1 aromatic carbocycles. The fourth-order valence-corrected chi connectivity index (χ4v) is 1.48. The van der Waals surface area contributed by atoms with Crippen LogP contribution in [-0.2, 0) is 19.1 Å². The highest BCUT2D eigenvalue weighted by Gasteiger charge is 2.08. The number of hydrogen-bond acceptors (Lipinski definition) is 5. The first-order chi connectivity index (χ1) is 10.0. The number of carbonyl (C=O) groups excluding carboxylic acids is 2. The number of amides is 1. The van der Waals surface area contributed by atoms with Gasteiger partial charge in [-0.25, -0.2) is 4.79 Å². The van der Waals surface area contributed by atoms with Crippen LogP contribution in [0.25, 0.3) is 0 Å². The number of rotatable bonds is 8. The molecule has 0 aliphatic carbocycles. The Kier molecular flexibility index (Phi) is 6.73. The maximum Gasteiger partial charge on any atom is 0.341 e. The lowest BCUT2D eigenvalue weighted by Gasteiger charge is -2.08. The van der Waals surface area contributed by atoms with Crippen LogP contribution in [0, 0.1) is 0 Å². The van der Waals surface area contributed by atoms with Crippen LogP contribution >= 0.6 is 0 Å². The molecule has 1 amide bonds. The lowest BCUT2D eigenvalue weighted by atomic mass is 10.2. The molecule has 0 aliphatic heterocycles. The molecule has 2 N–H and O–H groups in total. The number of carbonyl (C=O) groups is 3. The van der Waals surface area contributed by atoms with Gasteiger partial charge in [-0.3, -0.25) is 9.59 Å². The van der Waals surface area contributed by atoms with E-state index in [0.29, 0.717) is 11.4 Å². The Balaban J connectivity index is 2.46. The molecule has 0 radical (unpaired) electrons. The summed E-state index contributed by atoms with van der Waals surface area (Å²) in [4.78, 5) is 33.2. The highest BCUT2D eigenvalue weighted by Crippen LogP contribution is 2.17. The molecule has 0 bridgehead atoms. The summed E-state index contributed by atoms with van der Waals surface area (Å²) < 4.78 is 9.72. The molecular formula is C14H17NO6. The van der Waals surface area contributed by atoms with E-state index in [1.165, 1.54) is 6.07 Å². The first kappa shape index (κ1) is 16.5. The molecule has 0 saturated heterocycles. The minimum atomic E-state index is -1.08. The van der Waals surface area contributed by atoms with E-state index < -0.39 is 18.5 Å². The topological polar surface area (TPSA) is 102 Å². The Morgan fingerprint density at radius 1 is 1.24 bits per heavy atom. The van der Waals surface area contributed by atoms with Crippen molar-refractivity contribution in [1.29, 1.82) is 0 Å². The van der Waals surface area contributed by atoms with Crippen molar-refractivity contribution in [2.24, 2.45) is 0 Å². The van der Waals surface area contributed by atoms with Gasteiger partial charge < -0.3 is 19.9 Å². The number of benzene rings is 1. The van der Waals surface area contributed by atoms with Crippen molar-refractivity contribution < 1.29 is 29.0 Å². The maximum absolute atomic E-state index is 11.6. The highest BCUT2D eigenvalue weighted by molar-refractivity contribution is 5.92. The third-order valence-corrected chi connectivity index (χ3v) is 2.34. The van der Waals surface area contributed by atoms with Gasteiger partial charge in [-0.2, -0.15) is 0 Å². The van der Waals surface area contributed by atoms with Gasteiger partial charge in [-0.05, 0) is 19.1 Å². The monoisotopic (exact) mass is 295 g/mol. The molecule has 0 unspecified atom stereocenters. The number of aliphatic carboxylic acids is 1. The zero-order valence-electron chi connectivity index (χ0n) is 11.6. The SMILES string of the molecule is CCOC(=O)CCC(=O)Nc1cccc(OCC(=O)O)c1. The summed E-state index contributed by atoms with van der Waals surface area (Å²) in [6, 6.07) is 6.34. The van der Waals surface area contributed by atoms with Gasteiger partial charge in [0.2, 0.25) is 5.91 Å². The summed E-state index contributed by atoms with van der Waals surface area (Å²) in [5, 5.41) is 11.1. The van der Waals surface area contributed by atoms with E-state index in [4.69, 9.17) is 14.6 Å². The zero-order chi connectivity index (χ0) is 15.7. The molecule has 0 heterocycles. The predicted octanol–water partition coefficient (Wildman–Crippen LogP) is 1.43. The summed E-state index contributed by atoms with van der Waals surface area (Å²) in [6.07, 6.45) is 0.0217. The third kappa shape index (κ3) is 6.95. The van der Waals surface area contributed by atoms with Gasteiger partial charge in [0, 0.05) is 18.2 Å². The molecular weight excluding hydrogens is 278 g/mol. The summed E-state index contributed by atoms with van der Waals surface area (Å²) in [5.74, 6) is -1.51. The number of ether oxygens (including phenoxy) is 2. The number of nitrogens with one attached hydrogen (secondary N) is 1. The van der Waals surface area contributed by atoms with E-state index in [9.17, 15) is 14.4 Å². The van der Waals surface area contributed by atoms with Crippen molar-refractivity contribution in [1.82, 2.24) is 0 Å². The van der Waals surface area contributed by atoms with Crippen molar-refractivity contribution in [3.8, 4) is 5.75 Å². The van der Waals surface area contributed by atoms with E-state index in [2.05, 4.69) is 5.32 Å². The molecule has 0 fully saturated rings. The molecule has 0 aromatic heterocycles. The average molecular weight is 295 g/mol. The molecule has 0 aliphatic rings. The molecule has 1 rings (SSSR count). The first-order valence-electron chi connectivity index (χ1n) is 6.41. The largest absolute Gasteiger partial charge is 0.482 e. The van der Waals surface area contributed by atoms with Crippen LogP contribution in [0.5, 0.6) is 5.75 Å². The van der Waals surface area contributed by atoms with Gasteiger partial charge in [0.25, 0.3) is 0 Å². The van der Waals surface area contributed by atoms with Crippen LogP contribution in [0.2, 0.25) is 0 Å². The molecule has 114 valence electrons. The number of hydrogen-bond donors (Lipinski definition) is 2. The summed E-state index contributed by atoms with van der Waals surface area (Å²) in [7, 11) is 0. The quantitative estimate of drug-likeness (QED) is 0.703. The lowest BCUT2D eigenvalue weighted by molar-refractivity contribution is -0.144. The Bertz CT molecular complexity index is 514. The number of esters is 1. The Morgan fingerprint density at radius 3 is 2.67 bits per heavy atom. The fourth-order valence-electron chi connectivity index (χ4n) is 1.48. The first-order valence-corrected chi connectivity index (χ1v) is 6.41. The standard InChI is InChI=1S/C14H17NO6/c1-2-20-14(19)7-6-12(16)15-10-4-3-5-11(8-10)21-9-13(17)18/h3-5,8H,2,6-7,9H2,1H3,(H,15,16)(H,17,18). The van der Waals surface area contributed by atoms with E-state index in [1.54, 1.807) is 25.1 Å². The summed E-state index contributed by atoms with van der Waals surface area (Å²) >= 11 is 0. The number of carboxylic acid groups (broad SMARTS) is 1. The Morgan fingerprint density at radius 2 is 2.00 bits per heavy atom. The zero-order valence-corrected chi connectivity index (χ0v) is 11.6. The lowest BCUT2D eigenvalue weighted by Crippen LogP contribution is -2.14. The van der Waals surface area contributed by atoms with E-state index >= 15 is 0 Å². The van der Waals surface area contributed by atoms with Gasteiger partial charge in [0.05, 0.1) is 13.0 Å². The summed E-state index contributed by atoms with van der Waals surface area (Å²) in [5.41, 5.74) is 0.465. The van der Waals surface area contributed by atoms with Gasteiger partial charge >= 0.3 is 11.9 Å². The Labute approximate surface area is 121 Å². The van der Waals surface area contributed by atoms with Crippen LogP contribution in [0.15, 0.2) is 24.3 Å². The summed E-state index contributed by atoms with van der Waals surface area (Å²) in [6.45, 7) is 1.52. The van der Waals surface area contributed by atoms with Gasteiger partial charge in [-0.1, -0.05) is 6.07 Å². The van der Waals surface area contributed by atoms with E-state index in [-0.39, 0.29) is 25.4 Å².